The Balaban J connectivity index is 2.16. The first-order chi connectivity index (χ1) is 10.0. The molecule has 2 aromatic rings. The standard InChI is InChI=1S/C14H11BrF2N2O2/c1-21-13-5-8(4-10(15)14(13)20)7-18-19-12-3-2-9(16)6-11(12)17/h2-7,19-20H,1H3/b18-7+. The van der Waals surface area contributed by atoms with E-state index in [1.807, 2.05) is 0 Å². The van der Waals surface area contributed by atoms with Gasteiger partial charge in [-0.05, 0) is 45.8 Å². The molecule has 2 rings (SSSR count). The summed E-state index contributed by atoms with van der Waals surface area (Å²) in [5, 5.41) is 13.5. The van der Waals surface area contributed by atoms with E-state index in [9.17, 15) is 13.9 Å². The van der Waals surface area contributed by atoms with Crippen LogP contribution in [0.1, 0.15) is 5.56 Å². The van der Waals surface area contributed by atoms with Gasteiger partial charge in [-0.15, -0.1) is 0 Å². The smallest absolute Gasteiger partial charge is 0.172 e. The number of aromatic hydroxyl groups is 1. The van der Waals surface area contributed by atoms with Crippen LogP contribution in [0.2, 0.25) is 0 Å². The predicted molar refractivity (Wildman–Crippen MR) is 79.9 cm³/mol. The maximum Gasteiger partial charge on any atom is 0.172 e. The van der Waals surface area contributed by atoms with Gasteiger partial charge in [0.05, 0.1) is 23.5 Å². The predicted octanol–water partition coefficient (Wildman–Crippen LogP) is 3.89. The number of phenols is 1. The molecular weight excluding hydrogens is 346 g/mol. The molecule has 0 heterocycles. The van der Waals surface area contributed by atoms with Crippen LogP contribution in [0.5, 0.6) is 11.5 Å². The summed E-state index contributed by atoms with van der Waals surface area (Å²) in [6, 6.07) is 6.31. The fraction of sp³-hybridized carbons (Fsp3) is 0.0714. The second kappa shape index (κ2) is 6.53. The van der Waals surface area contributed by atoms with Crippen molar-refractivity contribution >= 4 is 27.8 Å². The van der Waals surface area contributed by atoms with Gasteiger partial charge < -0.3 is 9.84 Å². The molecule has 0 aliphatic heterocycles. The Morgan fingerprint density at radius 1 is 1.29 bits per heavy atom. The third-order valence-corrected chi connectivity index (χ3v) is 3.20. The molecule has 110 valence electrons. The van der Waals surface area contributed by atoms with Gasteiger partial charge >= 0.3 is 0 Å². The van der Waals surface area contributed by atoms with Crippen LogP contribution >= 0.6 is 15.9 Å². The molecule has 0 aliphatic carbocycles. The number of methoxy groups -OCH3 is 1. The van der Waals surface area contributed by atoms with Crippen LogP contribution < -0.4 is 10.2 Å². The van der Waals surface area contributed by atoms with E-state index in [2.05, 4.69) is 26.5 Å². The minimum Gasteiger partial charge on any atom is -0.503 e. The molecule has 0 spiro atoms. The molecule has 0 unspecified atom stereocenters. The van der Waals surface area contributed by atoms with Crippen LogP contribution in [-0.4, -0.2) is 18.4 Å². The second-order valence-corrected chi connectivity index (χ2v) is 4.90. The molecule has 21 heavy (non-hydrogen) atoms. The van der Waals surface area contributed by atoms with E-state index in [1.54, 1.807) is 12.1 Å². The van der Waals surface area contributed by atoms with Gasteiger partial charge in [0.15, 0.2) is 17.3 Å². The third-order valence-electron chi connectivity index (χ3n) is 2.60. The third kappa shape index (κ3) is 3.69. The summed E-state index contributed by atoms with van der Waals surface area (Å²) in [6.45, 7) is 0. The van der Waals surface area contributed by atoms with Gasteiger partial charge in [-0.25, -0.2) is 8.78 Å². The molecule has 2 aromatic carbocycles. The number of ether oxygens (including phenoxy) is 1. The average Bonchev–Trinajstić information content (AvgIpc) is 2.44. The Morgan fingerprint density at radius 3 is 2.71 bits per heavy atom. The zero-order valence-electron chi connectivity index (χ0n) is 10.9. The number of nitrogens with zero attached hydrogens (tertiary/aromatic N) is 1. The summed E-state index contributed by atoms with van der Waals surface area (Å²) in [5.41, 5.74) is 3.14. The van der Waals surface area contributed by atoms with Crippen LogP contribution in [0, 0.1) is 11.6 Å². The number of hydrazone groups is 1. The first-order valence-corrected chi connectivity index (χ1v) is 6.61. The summed E-state index contributed by atoms with van der Waals surface area (Å²) in [5.74, 6) is -1.14. The lowest BCUT2D eigenvalue weighted by atomic mass is 10.2. The number of anilines is 1. The van der Waals surface area contributed by atoms with Crippen molar-refractivity contribution in [2.75, 3.05) is 12.5 Å². The van der Waals surface area contributed by atoms with Crippen LogP contribution in [0.15, 0.2) is 39.9 Å². The van der Waals surface area contributed by atoms with E-state index in [1.165, 1.54) is 19.4 Å². The zero-order chi connectivity index (χ0) is 15.4. The van der Waals surface area contributed by atoms with E-state index in [-0.39, 0.29) is 17.2 Å². The van der Waals surface area contributed by atoms with Crippen molar-refractivity contribution in [2.24, 2.45) is 5.10 Å². The van der Waals surface area contributed by atoms with E-state index < -0.39 is 11.6 Å². The van der Waals surface area contributed by atoms with Gasteiger partial charge in [-0.3, -0.25) is 5.43 Å². The number of benzene rings is 2. The summed E-state index contributed by atoms with van der Waals surface area (Å²) < 4.78 is 31.6. The van der Waals surface area contributed by atoms with Crippen molar-refractivity contribution in [3.05, 3.63) is 52.0 Å². The van der Waals surface area contributed by atoms with Crippen molar-refractivity contribution in [3.63, 3.8) is 0 Å². The lowest BCUT2D eigenvalue weighted by molar-refractivity contribution is 0.372. The highest BCUT2D eigenvalue weighted by Crippen LogP contribution is 2.34. The number of nitrogens with one attached hydrogen (secondary N) is 1. The molecule has 0 saturated heterocycles. The summed E-state index contributed by atoms with van der Waals surface area (Å²) >= 11 is 3.18. The van der Waals surface area contributed by atoms with Crippen LogP contribution in [0.3, 0.4) is 0 Å². The molecule has 0 bridgehead atoms. The molecule has 7 heteroatoms. The number of halogens is 3. The van der Waals surface area contributed by atoms with Crippen molar-refractivity contribution in [1.29, 1.82) is 0 Å². The number of hydrogen-bond donors (Lipinski definition) is 2. The number of rotatable bonds is 4. The van der Waals surface area contributed by atoms with Gasteiger partial charge in [-0.2, -0.15) is 5.10 Å². The maximum absolute atomic E-state index is 13.4. The van der Waals surface area contributed by atoms with Crippen LogP contribution in [0.4, 0.5) is 14.5 Å². The largest absolute Gasteiger partial charge is 0.503 e. The molecule has 4 nitrogen and oxygen atoms in total. The normalized spacial score (nSPS) is 10.9. The summed E-state index contributed by atoms with van der Waals surface area (Å²) in [7, 11) is 1.43. The minimum absolute atomic E-state index is 0.0211. The first-order valence-electron chi connectivity index (χ1n) is 5.82. The topological polar surface area (TPSA) is 53.8 Å². The Hall–Kier alpha value is -2.15. The van der Waals surface area contributed by atoms with Crippen LogP contribution in [-0.2, 0) is 0 Å². The zero-order valence-corrected chi connectivity index (χ0v) is 12.5. The van der Waals surface area contributed by atoms with Gasteiger partial charge in [0.1, 0.15) is 5.82 Å². The Kier molecular flexibility index (Phi) is 4.74. The first kappa shape index (κ1) is 15.2. The van der Waals surface area contributed by atoms with Crippen molar-refractivity contribution in [2.45, 2.75) is 0 Å². The van der Waals surface area contributed by atoms with E-state index in [4.69, 9.17) is 4.74 Å². The highest BCUT2D eigenvalue weighted by atomic mass is 79.9. The maximum atomic E-state index is 13.4. The lowest BCUT2D eigenvalue weighted by Crippen LogP contribution is -1.95. The lowest BCUT2D eigenvalue weighted by Gasteiger charge is -2.06. The Labute approximate surface area is 128 Å². The van der Waals surface area contributed by atoms with Crippen molar-refractivity contribution in [1.82, 2.24) is 0 Å². The number of hydrogen-bond acceptors (Lipinski definition) is 4. The van der Waals surface area contributed by atoms with Crippen LogP contribution in [0.25, 0.3) is 0 Å². The molecule has 0 aromatic heterocycles. The second-order valence-electron chi connectivity index (χ2n) is 4.05. The molecule has 0 atom stereocenters. The van der Waals surface area contributed by atoms with Gasteiger partial charge in [0.2, 0.25) is 0 Å². The molecule has 2 N–H and O–H groups in total. The summed E-state index contributed by atoms with van der Waals surface area (Å²) in [6.07, 6.45) is 1.41. The van der Waals surface area contributed by atoms with Crippen molar-refractivity contribution in [3.8, 4) is 11.5 Å². The summed E-state index contributed by atoms with van der Waals surface area (Å²) in [4.78, 5) is 0. The van der Waals surface area contributed by atoms with E-state index >= 15 is 0 Å². The highest BCUT2D eigenvalue weighted by Gasteiger charge is 2.07. The monoisotopic (exact) mass is 356 g/mol. The molecular formula is C14H11BrF2N2O2. The Morgan fingerprint density at radius 2 is 2.05 bits per heavy atom. The van der Waals surface area contributed by atoms with Gasteiger partial charge in [0.25, 0.3) is 0 Å². The SMILES string of the molecule is COc1cc(/C=N/Nc2ccc(F)cc2F)cc(Br)c1O. The van der Waals surface area contributed by atoms with E-state index in [0.29, 0.717) is 10.0 Å². The molecule has 0 aliphatic rings. The Bertz CT molecular complexity index is 693. The van der Waals surface area contributed by atoms with E-state index in [0.717, 1.165) is 12.1 Å². The van der Waals surface area contributed by atoms with Gasteiger partial charge in [0, 0.05) is 6.07 Å². The highest BCUT2D eigenvalue weighted by molar-refractivity contribution is 9.10. The quantitative estimate of drug-likeness (QED) is 0.645. The molecule has 0 amide bonds. The van der Waals surface area contributed by atoms with Crippen molar-refractivity contribution < 1.29 is 18.6 Å². The van der Waals surface area contributed by atoms with Gasteiger partial charge in [-0.1, -0.05) is 0 Å². The average molecular weight is 357 g/mol. The minimum atomic E-state index is -0.739. The fourth-order valence-corrected chi connectivity index (χ4v) is 2.04. The molecule has 0 fully saturated rings. The molecule has 0 saturated carbocycles. The fourth-order valence-electron chi connectivity index (χ4n) is 1.58. The molecule has 0 radical (unpaired) electrons. The number of phenolic OH excluding ortho intramolecular Hbond substituents is 1.